The van der Waals surface area contributed by atoms with Crippen molar-refractivity contribution in [3.05, 3.63) is 226 Å². The number of halogens is 5. The van der Waals surface area contributed by atoms with E-state index in [9.17, 15) is 27.6 Å². The van der Waals surface area contributed by atoms with Crippen LogP contribution in [0.2, 0.25) is 10.0 Å². The lowest BCUT2D eigenvalue weighted by Crippen LogP contribution is -2.37. The third-order valence-electron chi connectivity index (χ3n) is 16.5. The number of hydrogen-bond acceptors (Lipinski definition) is 22. The van der Waals surface area contributed by atoms with Crippen molar-refractivity contribution in [2.45, 2.75) is 89.2 Å². The van der Waals surface area contributed by atoms with Gasteiger partial charge in [-0.3, -0.25) is 34.7 Å². The van der Waals surface area contributed by atoms with Crippen LogP contribution in [0.25, 0.3) is 0 Å². The molecule has 107 heavy (non-hydrogen) atoms. The number of H-pyrrole nitrogens is 3. The molecule has 15 rings (SSSR count). The summed E-state index contributed by atoms with van der Waals surface area (Å²) in [5.74, 6) is 5.55. The van der Waals surface area contributed by atoms with Crippen molar-refractivity contribution < 1.29 is 40.4 Å². The topological polar surface area (TPSA) is 309 Å². The highest BCUT2D eigenvalue weighted by molar-refractivity contribution is 7.99. The molecule has 0 bridgehead atoms. The number of carbonyl (C=O) groups is 3. The quantitative estimate of drug-likeness (QED) is 0.0269. The fraction of sp³-hybridized carbons (Fsp3) is 0.203. The van der Waals surface area contributed by atoms with Gasteiger partial charge in [0.1, 0.15) is 34.9 Å². The lowest BCUT2D eigenvalue weighted by molar-refractivity contribution is -0.138. The average Bonchev–Trinajstić information content (AvgIpc) is 0.964. The van der Waals surface area contributed by atoms with Crippen LogP contribution in [-0.4, -0.2) is 122 Å². The maximum absolute atomic E-state index is 13.2. The number of alkyl halides is 3. The fourth-order valence-corrected chi connectivity index (χ4v) is 13.5. The van der Waals surface area contributed by atoms with Crippen LogP contribution in [0.4, 0.5) is 82.6 Å². The second-order valence-corrected chi connectivity index (χ2v) is 28.8. The molecule has 10 heterocycles. The number of benzene rings is 5. The lowest BCUT2D eigenvalue weighted by Gasteiger charge is -2.32. The van der Waals surface area contributed by atoms with E-state index < -0.39 is 23.2 Å². The van der Waals surface area contributed by atoms with Crippen LogP contribution in [0.5, 0.6) is 0 Å². The molecule has 0 radical (unpaired) electrons. The number of hydrogen-bond donors (Lipinski definition) is 9. The Labute approximate surface area is 648 Å². The first-order chi connectivity index (χ1) is 51.8. The van der Waals surface area contributed by atoms with Gasteiger partial charge >= 0.3 is 6.18 Å². The van der Waals surface area contributed by atoms with Crippen LogP contribution in [0.3, 0.4) is 0 Å². The molecule has 3 amide bonds. The largest absolute Gasteiger partial charge is 0.417 e. The molecule has 12 aromatic rings. The van der Waals surface area contributed by atoms with Gasteiger partial charge in [0.25, 0.3) is 5.91 Å². The first kappa shape index (κ1) is 74.0. The molecule has 7 aromatic heterocycles. The van der Waals surface area contributed by atoms with Crippen LogP contribution >= 0.6 is 58.5 Å². The van der Waals surface area contributed by atoms with Crippen molar-refractivity contribution in [2.24, 2.45) is 0 Å². The van der Waals surface area contributed by atoms with Crippen LogP contribution < -0.4 is 46.6 Å². The highest BCUT2D eigenvalue weighted by Gasteiger charge is 2.35. The van der Waals surface area contributed by atoms with E-state index in [0.29, 0.717) is 66.1 Å². The summed E-state index contributed by atoms with van der Waals surface area (Å²) in [7, 11) is 0. The summed E-state index contributed by atoms with van der Waals surface area (Å²) in [6.45, 7) is 11.6. The Bertz CT molecular complexity index is 5150. The minimum Gasteiger partial charge on any atom is -0.356 e. The molecule has 3 aliphatic heterocycles. The van der Waals surface area contributed by atoms with Gasteiger partial charge in [-0.2, -0.15) is 28.5 Å². The maximum Gasteiger partial charge on any atom is 0.417 e. The van der Waals surface area contributed by atoms with Crippen LogP contribution in [0.15, 0.2) is 206 Å². The number of nitrogens with one attached hydrogen (secondary N) is 9. The summed E-state index contributed by atoms with van der Waals surface area (Å²) >= 11 is 16.4. The Morgan fingerprint density at radius 3 is 1.26 bits per heavy atom. The predicted molar refractivity (Wildman–Crippen MR) is 432 cm³/mol. The SMILES string of the molecule is Cc1cc(Nc2cc(N3CCC3)nc(Sc3ccc(NC(=O)Cc4cccc(Cl)c4)cc3)n2)n[nH]1.Cc1cc(Nc2cc(N3CCC3)nc(Sc3ccc(NC(=O)Cc4ccccc4Cl)cc3)n2)n[nH]1.Cc1cc(Nc2cc(N3CCC3)nc(Sc3ccc(NC(=O)c4cnccc4C(F)(F)F)cc3)n2)n[nH]1.[HH].[HH].[HH].[HH].[HH].[HH].[HH].[HH].[HH]. The first-order valence-corrected chi connectivity index (χ1v) is 37.0. The maximum atomic E-state index is 13.2. The molecule has 9 N–H and O–H groups in total. The van der Waals surface area contributed by atoms with E-state index in [1.54, 1.807) is 42.5 Å². The van der Waals surface area contributed by atoms with E-state index in [1.165, 1.54) is 35.3 Å². The van der Waals surface area contributed by atoms with Crippen molar-refractivity contribution in [3.8, 4) is 0 Å². The molecule has 564 valence electrons. The molecule has 3 saturated heterocycles. The number of aryl methyl sites for hydroxylation is 3. The van der Waals surface area contributed by atoms with Crippen molar-refractivity contribution in [1.82, 2.24) is 65.5 Å². The van der Waals surface area contributed by atoms with Gasteiger partial charge in [-0.25, -0.2) is 29.9 Å². The number of aromatic amines is 3. The Kier molecular flexibility index (Phi) is 23.8. The van der Waals surface area contributed by atoms with Crippen LogP contribution in [0.1, 0.15) is 76.2 Å². The molecule has 0 atom stereocenters. The zero-order valence-corrected chi connectivity index (χ0v) is 61.6. The zero-order valence-electron chi connectivity index (χ0n) is 57.7. The molecule has 3 aliphatic rings. The van der Waals surface area contributed by atoms with E-state index in [4.69, 9.17) is 33.2 Å². The Balaban J connectivity index is 0.000000353. The average molecular weight is 1560 g/mol. The van der Waals surface area contributed by atoms with Gasteiger partial charge in [-0.05, 0) is 184 Å². The third-order valence-corrected chi connectivity index (χ3v) is 19.7. The van der Waals surface area contributed by atoms with Crippen molar-refractivity contribution in [1.29, 1.82) is 0 Å². The molecular formula is C74H87Cl2F3N22O3S3. The Morgan fingerprint density at radius 2 is 0.888 bits per heavy atom. The molecular weight excluding hydrogens is 1470 g/mol. The predicted octanol–water partition coefficient (Wildman–Crippen LogP) is 18.4. The van der Waals surface area contributed by atoms with E-state index in [1.807, 2.05) is 136 Å². The molecule has 25 nitrogen and oxygen atoms in total. The molecule has 0 unspecified atom stereocenters. The Hall–Kier alpha value is -11.3. The normalized spacial score (nSPS) is 13.0. The summed E-state index contributed by atoms with van der Waals surface area (Å²) in [6, 6.07) is 48.9. The fourth-order valence-electron chi connectivity index (χ4n) is 10.7. The van der Waals surface area contributed by atoms with Gasteiger partial charge in [0.15, 0.2) is 32.9 Å². The molecule has 5 aromatic carbocycles. The highest BCUT2D eigenvalue weighted by atomic mass is 35.5. The number of amides is 3. The summed E-state index contributed by atoms with van der Waals surface area (Å²) in [5, 5.41) is 42.5. The second-order valence-electron chi connectivity index (χ2n) is 24.8. The zero-order chi connectivity index (χ0) is 74.4. The standard InChI is InChI=1S/2C25H24ClN7OS.C24H21F3N8OS.9H2/c1-16-12-22(32-31-16)28-21-15-23(33-10-3-11-33)30-25(29-21)35-20-8-6-19(7-9-20)27-24(34)14-17-4-2-5-18(26)13-17;1-16-13-22(32-31-16)28-21-15-23(33-11-4-12-33)30-25(29-21)35-19-9-7-18(8-10-19)27-24(34)14-17-5-2-3-6-20(17)26;1-14-11-20(34-33-14)30-19-12-21(35-9-2-10-35)32-23(31-19)37-16-5-3-15(4-6-16)29-22(36)17-13-28-8-7-18(17)24(25,26)27;;;;;;;;;/h2,4-9,12-13,15H,3,10-11,14H2,1H3,(H,27,34)(H2,28,29,30,31,32);2-3,5-10,13,15H,4,11-12,14H2,1H3,(H,27,34)(H2,28,29,30,31,32);3-8,11-13H,2,9-10H2,1H3,(H,29,36)(H2,30,31,32,33,34);9*1H. The minimum absolute atomic E-state index is 0. The third kappa shape index (κ3) is 20.8. The van der Waals surface area contributed by atoms with Crippen LogP contribution in [0, 0.1) is 20.8 Å². The smallest absolute Gasteiger partial charge is 0.356 e. The number of anilines is 12. The summed E-state index contributed by atoms with van der Waals surface area (Å²) in [4.78, 5) is 78.4. The van der Waals surface area contributed by atoms with E-state index in [2.05, 4.69) is 102 Å². The molecule has 33 heteroatoms. The van der Waals surface area contributed by atoms with Gasteiger partial charge in [0, 0.05) is 160 Å². The van der Waals surface area contributed by atoms with Crippen LogP contribution in [-0.2, 0) is 28.6 Å². The number of pyridine rings is 1. The first-order valence-electron chi connectivity index (χ1n) is 33.8. The monoisotopic (exact) mass is 1550 g/mol. The summed E-state index contributed by atoms with van der Waals surface area (Å²) < 4.78 is 39.7. The van der Waals surface area contributed by atoms with Crippen molar-refractivity contribution in [3.63, 3.8) is 0 Å². The van der Waals surface area contributed by atoms with Gasteiger partial charge in [0.2, 0.25) is 11.8 Å². The number of rotatable bonds is 23. The van der Waals surface area contributed by atoms with Crippen molar-refractivity contribution >= 4 is 146 Å². The number of aromatic nitrogens is 13. The lowest BCUT2D eigenvalue weighted by atomic mass is 10.1. The number of nitrogens with zero attached hydrogens (tertiary/aromatic N) is 13. The highest BCUT2D eigenvalue weighted by Crippen LogP contribution is 2.37. The molecule has 0 aliphatic carbocycles. The summed E-state index contributed by atoms with van der Waals surface area (Å²) in [6.07, 6.45) is 1.16. The van der Waals surface area contributed by atoms with Gasteiger partial charge < -0.3 is 46.6 Å². The van der Waals surface area contributed by atoms with Crippen molar-refractivity contribution in [2.75, 3.05) is 85.9 Å². The van der Waals surface area contributed by atoms with Gasteiger partial charge in [0.05, 0.1) is 24.0 Å². The van der Waals surface area contributed by atoms with E-state index in [0.717, 1.165) is 149 Å². The second kappa shape index (κ2) is 34.3. The van der Waals surface area contributed by atoms with E-state index >= 15 is 0 Å². The van der Waals surface area contributed by atoms with Gasteiger partial charge in [-0.1, -0.05) is 53.5 Å². The number of carbonyl (C=O) groups excluding carboxylic acids is 3. The molecule has 0 spiro atoms. The Morgan fingerprint density at radius 1 is 0.477 bits per heavy atom. The van der Waals surface area contributed by atoms with Gasteiger partial charge in [-0.15, -0.1) is 0 Å². The summed E-state index contributed by atoms with van der Waals surface area (Å²) in [5.41, 5.74) is 4.74. The van der Waals surface area contributed by atoms with E-state index in [-0.39, 0.29) is 37.5 Å². The molecule has 3 fully saturated rings. The molecule has 0 saturated carbocycles. The minimum atomic E-state index is -4.66.